The average molecular weight is 186 g/mol. The van der Waals surface area contributed by atoms with Crippen LogP contribution in [0.4, 0.5) is 0 Å². The molecule has 13 heavy (non-hydrogen) atoms. The highest BCUT2D eigenvalue weighted by molar-refractivity contribution is 5.02. The van der Waals surface area contributed by atoms with E-state index in [1.807, 2.05) is 6.92 Å². The van der Waals surface area contributed by atoms with Gasteiger partial charge in [-0.2, -0.15) is 0 Å². The van der Waals surface area contributed by atoms with Gasteiger partial charge in [-0.25, -0.2) is 0 Å². The van der Waals surface area contributed by atoms with E-state index < -0.39 is 11.9 Å². The Balaban J connectivity index is 2.26. The van der Waals surface area contributed by atoms with Crippen LogP contribution in [-0.4, -0.2) is 28.7 Å². The Bertz CT molecular complexity index is 206. The van der Waals surface area contributed by atoms with Crippen LogP contribution in [0.3, 0.4) is 0 Å². The van der Waals surface area contributed by atoms with E-state index in [0.717, 1.165) is 12.8 Å². The minimum atomic E-state index is -0.765. The summed E-state index contributed by atoms with van der Waals surface area (Å²) in [6.07, 6.45) is 1.03. The smallest absolute Gasteiger partial charge is 0.160 e. The van der Waals surface area contributed by atoms with Crippen LogP contribution in [0.5, 0.6) is 0 Å². The lowest BCUT2D eigenvalue weighted by molar-refractivity contribution is -0.248. The predicted octanol–water partition coefficient (Wildman–Crippen LogP) is 0.748. The van der Waals surface area contributed by atoms with Gasteiger partial charge in [-0.3, -0.25) is 0 Å². The molecule has 1 saturated heterocycles. The molecular formula is C10H18O3. The molecule has 76 valence electrons. The van der Waals surface area contributed by atoms with Crippen LogP contribution >= 0.6 is 0 Å². The van der Waals surface area contributed by atoms with Crippen molar-refractivity contribution in [1.82, 2.24) is 0 Å². The molecule has 0 bridgehead atoms. The minimum absolute atomic E-state index is 0.0868. The van der Waals surface area contributed by atoms with Crippen molar-refractivity contribution in [1.29, 1.82) is 0 Å². The molecular weight excluding hydrogens is 168 g/mol. The lowest BCUT2D eigenvalue weighted by Gasteiger charge is -2.44. The van der Waals surface area contributed by atoms with Gasteiger partial charge in [0.15, 0.2) is 6.29 Å². The second kappa shape index (κ2) is 2.94. The normalized spacial score (nSPS) is 56.3. The molecule has 5 unspecified atom stereocenters. The Labute approximate surface area is 78.7 Å². The summed E-state index contributed by atoms with van der Waals surface area (Å²) in [7, 11) is 0. The molecule has 0 aromatic rings. The van der Waals surface area contributed by atoms with Gasteiger partial charge < -0.3 is 14.9 Å². The number of aliphatic hydroxyl groups excluding tert-OH is 1. The molecule has 1 heterocycles. The summed E-state index contributed by atoms with van der Waals surface area (Å²) in [5.74, 6) is 0.421. The van der Waals surface area contributed by atoms with Crippen LogP contribution < -0.4 is 0 Å². The number of fused-ring (bicyclic) bond motifs is 1. The van der Waals surface area contributed by atoms with E-state index in [1.54, 1.807) is 0 Å². The summed E-state index contributed by atoms with van der Waals surface area (Å²) in [4.78, 5) is 0. The second-order valence-electron chi connectivity index (χ2n) is 4.66. The van der Waals surface area contributed by atoms with Gasteiger partial charge in [-0.05, 0) is 18.8 Å². The lowest BCUT2D eigenvalue weighted by atomic mass is 9.76. The van der Waals surface area contributed by atoms with Crippen molar-refractivity contribution in [3.05, 3.63) is 0 Å². The Hall–Kier alpha value is -0.120. The number of ether oxygens (including phenoxy) is 1. The highest BCUT2D eigenvalue weighted by Crippen LogP contribution is 2.48. The average Bonchev–Trinajstić information content (AvgIpc) is 2.38. The van der Waals surface area contributed by atoms with Gasteiger partial charge >= 0.3 is 0 Å². The highest BCUT2D eigenvalue weighted by atomic mass is 16.6. The molecule has 1 aliphatic heterocycles. The van der Waals surface area contributed by atoms with Gasteiger partial charge in [0.1, 0.15) is 0 Å². The van der Waals surface area contributed by atoms with E-state index in [9.17, 15) is 10.2 Å². The van der Waals surface area contributed by atoms with Crippen LogP contribution in [0.2, 0.25) is 0 Å². The van der Waals surface area contributed by atoms with E-state index in [0.29, 0.717) is 12.5 Å². The first-order valence-electron chi connectivity index (χ1n) is 5.07. The zero-order chi connectivity index (χ0) is 9.64. The van der Waals surface area contributed by atoms with Gasteiger partial charge in [0.25, 0.3) is 0 Å². The lowest BCUT2D eigenvalue weighted by Crippen LogP contribution is -2.53. The summed E-state index contributed by atoms with van der Waals surface area (Å²) in [6.45, 7) is 4.55. The fourth-order valence-corrected chi connectivity index (χ4v) is 2.89. The molecule has 0 aromatic heterocycles. The molecule has 3 heteroatoms. The van der Waals surface area contributed by atoms with Crippen LogP contribution in [0.15, 0.2) is 0 Å². The molecule has 2 N–H and O–H groups in total. The van der Waals surface area contributed by atoms with Crippen LogP contribution in [0.1, 0.15) is 26.7 Å². The largest absolute Gasteiger partial charge is 0.389 e. The van der Waals surface area contributed by atoms with Gasteiger partial charge in [-0.1, -0.05) is 13.8 Å². The van der Waals surface area contributed by atoms with Crippen LogP contribution in [0, 0.1) is 17.8 Å². The molecule has 0 amide bonds. The summed E-state index contributed by atoms with van der Waals surface area (Å²) in [5, 5.41) is 20.0. The zero-order valence-electron chi connectivity index (χ0n) is 8.23. The summed E-state index contributed by atoms with van der Waals surface area (Å²) >= 11 is 0. The van der Waals surface area contributed by atoms with E-state index in [2.05, 4.69) is 6.92 Å². The first-order chi connectivity index (χ1) is 6.05. The summed E-state index contributed by atoms with van der Waals surface area (Å²) < 4.78 is 5.24. The van der Waals surface area contributed by atoms with Crippen molar-refractivity contribution in [3.63, 3.8) is 0 Å². The molecule has 2 aliphatic rings. The van der Waals surface area contributed by atoms with Gasteiger partial charge in [-0.15, -0.1) is 0 Å². The van der Waals surface area contributed by atoms with Crippen LogP contribution in [0.25, 0.3) is 0 Å². The first kappa shape index (κ1) is 9.44. The fourth-order valence-electron chi connectivity index (χ4n) is 2.89. The third kappa shape index (κ3) is 1.22. The molecule has 0 spiro atoms. The van der Waals surface area contributed by atoms with E-state index in [-0.39, 0.29) is 11.8 Å². The number of hydrogen-bond donors (Lipinski definition) is 2. The SMILES string of the molecule is CC1CCC2(O)C(C)COC(O)C12. The molecule has 5 atom stereocenters. The Morgan fingerprint density at radius 1 is 1.38 bits per heavy atom. The summed E-state index contributed by atoms with van der Waals surface area (Å²) in [6, 6.07) is 0. The fraction of sp³-hybridized carbons (Fsp3) is 1.00. The molecule has 2 rings (SSSR count). The Morgan fingerprint density at radius 2 is 2.08 bits per heavy atom. The quantitative estimate of drug-likeness (QED) is 0.587. The van der Waals surface area contributed by atoms with Gasteiger partial charge in [0, 0.05) is 11.8 Å². The molecule has 0 radical (unpaired) electrons. The van der Waals surface area contributed by atoms with Crippen molar-refractivity contribution < 1.29 is 14.9 Å². The number of hydrogen-bond acceptors (Lipinski definition) is 3. The Morgan fingerprint density at radius 3 is 2.69 bits per heavy atom. The van der Waals surface area contributed by atoms with Gasteiger partial charge in [0.2, 0.25) is 0 Å². The molecule has 1 aliphatic carbocycles. The molecule has 0 aromatic carbocycles. The summed E-state index contributed by atoms with van der Waals surface area (Å²) in [5.41, 5.74) is -0.683. The second-order valence-corrected chi connectivity index (χ2v) is 4.66. The van der Waals surface area contributed by atoms with Gasteiger partial charge in [0.05, 0.1) is 12.2 Å². The number of rotatable bonds is 0. The topological polar surface area (TPSA) is 49.7 Å². The maximum atomic E-state index is 10.4. The predicted molar refractivity (Wildman–Crippen MR) is 48.0 cm³/mol. The van der Waals surface area contributed by atoms with Crippen LogP contribution in [-0.2, 0) is 4.74 Å². The van der Waals surface area contributed by atoms with E-state index in [4.69, 9.17) is 4.74 Å². The maximum Gasteiger partial charge on any atom is 0.160 e. The maximum absolute atomic E-state index is 10.4. The van der Waals surface area contributed by atoms with Crippen molar-refractivity contribution >= 4 is 0 Å². The highest BCUT2D eigenvalue weighted by Gasteiger charge is 2.55. The van der Waals surface area contributed by atoms with Crippen molar-refractivity contribution in [2.24, 2.45) is 17.8 Å². The van der Waals surface area contributed by atoms with Crippen molar-refractivity contribution in [2.45, 2.75) is 38.6 Å². The molecule has 3 nitrogen and oxygen atoms in total. The van der Waals surface area contributed by atoms with Crippen molar-refractivity contribution in [2.75, 3.05) is 6.61 Å². The monoisotopic (exact) mass is 186 g/mol. The molecule has 2 fully saturated rings. The third-order valence-corrected chi connectivity index (χ3v) is 3.87. The standard InChI is InChI=1S/C10H18O3/c1-6-3-4-10(12)7(2)5-13-9(11)8(6)10/h6-9,11-12H,3-5H2,1-2H3. The first-order valence-corrected chi connectivity index (χ1v) is 5.07. The third-order valence-electron chi connectivity index (χ3n) is 3.87. The minimum Gasteiger partial charge on any atom is -0.389 e. The van der Waals surface area contributed by atoms with Crippen molar-refractivity contribution in [3.8, 4) is 0 Å². The van der Waals surface area contributed by atoms with E-state index >= 15 is 0 Å². The number of aliphatic hydroxyl groups is 2. The van der Waals surface area contributed by atoms with E-state index in [1.165, 1.54) is 0 Å². The Kier molecular flexibility index (Phi) is 2.13. The molecule has 1 saturated carbocycles. The zero-order valence-corrected chi connectivity index (χ0v) is 8.23.